The van der Waals surface area contributed by atoms with Gasteiger partial charge in [-0.05, 0) is 49.9 Å². The van der Waals surface area contributed by atoms with Crippen LogP contribution in [0, 0.1) is 0 Å². The van der Waals surface area contributed by atoms with Crippen molar-refractivity contribution in [1.29, 1.82) is 0 Å². The van der Waals surface area contributed by atoms with Crippen LogP contribution in [0.4, 0.5) is 18.9 Å². The summed E-state index contributed by atoms with van der Waals surface area (Å²) in [5.74, 6) is -0.0954. The van der Waals surface area contributed by atoms with Crippen LogP contribution < -0.4 is 10.6 Å². The molecule has 0 spiro atoms. The number of hydrogen-bond donors (Lipinski definition) is 2. The van der Waals surface area contributed by atoms with Crippen LogP contribution >= 0.6 is 0 Å². The molecular formula is C23H22F3N3O. The van der Waals surface area contributed by atoms with E-state index in [-0.39, 0.29) is 18.0 Å². The molecule has 3 aromatic rings. The zero-order valence-corrected chi connectivity index (χ0v) is 16.2. The highest BCUT2D eigenvalue weighted by Crippen LogP contribution is 2.34. The molecule has 1 aliphatic rings. The number of pyridine rings is 1. The number of benzene rings is 2. The van der Waals surface area contributed by atoms with Crippen molar-refractivity contribution in [3.63, 3.8) is 0 Å². The number of aromatic nitrogens is 1. The lowest BCUT2D eigenvalue weighted by Crippen LogP contribution is -2.40. The van der Waals surface area contributed by atoms with E-state index < -0.39 is 11.9 Å². The standard InChI is InChI=1S/C23H22F3N3O/c24-23(25,26)21-14-20(18-8-4-5-9-19(18)29-21)27-16-10-12-17(13-11-16)28-22(30)15-6-2-1-3-7-15/h1-9,14,16-17H,10-13H2,(H,27,29)(H,28,30). The molecule has 2 N–H and O–H groups in total. The van der Waals surface area contributed by atoms with Crippen molar-refractivity contribution >= 4 is 22.5 Å². The summed E-state index contributed by atoms with van der Waals surface area (Å²) in [4.78, 5) is 16.1. The highest BCUT2D eigenvalue weighted by atomic mass is 19.4. The van der Waals surface area contributed by atoms with Crippen LogP contribution in [0.5, 0.6) is 0 Å². The Hall–Kier alpha value is -3.09. The molecule has 0 radical (unpaired) electrons. The summed E-state index contributed by atoms with van der Waals surface area (Å²) in [7, 11) is 0. The maximum absolute atomic E-state index is 13.3. The molecule has 1 fully saturated rings. The number of amides is 1. The van der Waals surface area contributed by atoms with Gasteiger partial charge in [-0.25, -0.2) is 4.98 Å². The van der Waals surface area contributed by atoms with Crippen LogP contribution in [0.1, 0.15) is 41.7 Å². The summed E-state index contributed by atoms with van der Waals surface area (Å²) in [6.45, 7) is 0. The Labute approximate surface area is 172 Å². The molecule has 0 aliphatic heterocycles. The van der Waals surface area contributed by atoms with Crippen molar-refractivity contribution in [3.8, 4) is 0 Å². The van der Waals surface area contributed by atoms with E-state index in [1.807, 2.05) is 18.2 Å². The Kier molecular flexibility index (Phi) is 5.61. The van der Waals surface area contributed by atoms with Crippen molar-refractivity contribution in [2.24, 2.45) is 0 Å². The van der Waals surface area contributed by atoms with E-state index in [0.717, 1.165) is 31.7 Å². The number of halogens is 3. The van der Waals surface area contributed by atoms with Crippen LogP contribution in [0.15, 0.2) is 60.7 Å². The predicted molar refractivity (Wildman–Crippen MR) is 110 cm³/mol. The van der Waals surface area contributed by atoms with Crippen molar-refractivity contribution in [1.82, 2.24) is 10.3 Å². The third kappa shape index (κ3) is 4.56. The number of nitrogens with zero attached hydrogens (tertiary/aromatic N) is 1. The fourth-order valence-corrected chi connectivity index (χ4v) is 3.90. The summed E-state index contributed by atoms with van der Waals surface area (Å²) in [6.07, 6.45) is -1.44. The van der Waals surface area contributed by atoms with Crippen LogP contribution in [-0.4, -0.2) is 23.0 Å². The normalized spacial score (nSPS) is 19.4. The molecule has 1 amide bonds. The van der Waals surface area contributed by atoms with E-state index in [0.29, 0.717) is 22.2 Å². The van der Waals surface area contributed by atoms with Gasteiger partial charge in [0.05, 0.1) is 5.52 Å². The Bertz CT molecular complexity index is 1030. The zero-order chi connectivity index (χ0) is 21.1. The summed E-state index contributed by atoms with van der Waals surface area (Å²) in [6, 6.07) is 17.1. The second-order valence-electron chi connectivity index (χ2n) is 7.60. The maximum Gasteiger partial charge on any atom is 0.433 e. The van der Waals surface area contributed by atoms with Crippen LogP contribution in [0.2, 0.25) is 0 Å². The number of fused-ring (bicyclic) bond motifs is 1. The second-order valence-corrected chi connectivity index (χ2v) is 7.60. The van der Waals surface area contributed by atoms with Gasteiger partial charge in [-0.15, -0.1) is 0 Å². The fourth-order valence-electron chi connectivity index (χ4n) is 3.90. The van der Waals surface area contributed by atoms with Crippen molar-refractivity contribution in [2.75, 3.05) is 5.32 Å². The van der Waals surface area contributed by atoms with Gasteiger partial charge < -0.3 is 10.6 Å². The molecule has 2 aromatic carbocycles. The van der Waals surface area contributed by atoms with Gasteiger partial charge in [-0.1, -0.05) is 36.4 Å². The minimum Gasteiger partial charge on any atom is -0.382 e. The van der Waals surface area contributed by atoms with Crippen molar-refractivity contribution < 1.29 is 18.0 Å². The van der Waals surface area contributed by atoms with E-state index in [9.17, 15) is 18.0 Å². The summed E-state index contributed by atoms with van der Waals surface area (Å²) < 4.78 is 39.8. The van der Waals surface area contributed by atoms with Gasteiger partial charge in [-0.2, -0.15) is 13.2 Å². The fraction of sp³-hybridized carbons (Fsp3) is 0.304. The molecule has 30 heavy (non-hydrogen) atoms. The first-order valence-corrected chi connectivity index (χ1v) is 9.99. The molecule has 7 heteroatoms. The minimum absolute atomic E-state index is 0.0433. The number of alkyl halides is 3. The number of rotatable bonds is 4. The summed E-state index contributed by atoms with van der Waals surface area (Å²) in [5.41, 5.74) is 0.497. The van der Waals surface area contributed by atoms with Crippen molar-refractivity contribution in [3.05, 3.63) is 71.9 Å². The molecule has 0 bridgehead atoms. The van der Waals surface area contributed by atoms with Crippen LogP contribution in [-0.2, 0) is 6.18 Å². The quantitative estimate of drug-likeness (QED) is 0.602. The molecule has 1 saturated carbocycles. The van der Waals surface area contributed by atoms with Gasteiger partial charge in [0.25, 0.3) is 5.91 Å². The Balaban J connectivity index is 1.43. The topological polar surface area (TPSA) is 54.0 Å². The first-order valence-electron chi connectivity index (χ1n) is 9.99. The number of carbonyl (C=O) groups is 1. The molecule has 4 rings (SSSR count). The SMILES string of the molecule is O=C(NC1CCC(Nc2cc(C(F)(F)F)nc3ccccc23)CC1)c1ccccc1. The molecule has 1 heterocycles. The van der Waals surface area contributed by atoms with Gasteiger partial charge in [0, 0.05) is 28.7 Å². The Morgan fingerprint density at radius 2 is 1.53 bits per heavy atom. The van der Waals surface area contributed by atoms with E-state index in [1.165, 1.54) is 0 Å². The monoisotopic (exact) mass is 413 g/mol. The largest absolute Gasteiger partial charge is 0.433 e. The zero-order valence-electron chi connectivity index (χ0n) is 16.2. The lowest BCUT2D eigenvalue weighted by molar-refractivity contribution is -0.140. The smallest absolute Gasteiger partial charge is 0.382 e. The molecule has 4 nitrogen and oxygen atoms in total. The number of anilines is 1. The summed E-state index contributed by atoms with van der Waals surface area (Å²) in [5, 5.41) is 7.01. The summed E-state index contributed by atoms with van der Waals surface area (Å²) >= 11 is 0. The first-order chi connectivity index (χ1) is 14.4. The number of hydrogen-bond acceptors (Lipinski definition) is 3. The molecule has 156 valence electrons. The van der Waals surface area contributed by atoms with E-state index in [4.69, 9.17) is 0 Å². The van der Waals surface area contributed by atoms with E-state index >= 15 is 0 Å². The van der Waals surface area contributed by atoms with E-state index in [2.05, 4.69) is 15.6 Å². The Morgan fingerprint density at radius 1 is 0.900 bits per heavy atom. The Morgan fingerprint density at radius 3 is 2.23 bits per heavy atom. The predicted octanol–water partition coefficient (Wildman–Crippen LogP) is 5.41. The van der Waals surface area contributed by atoms with Gasteiger partial charge >= 0.3 is 6.18 Å². The first kappa shape index (κ1) is 20.2. The highest BCUT2D eigenvalue weighted by Gasteiger charge is 2.33. The average molecular weight is 413 g/mol. The lowest BCUT2D eigenvalue weighted by Gasteiger charge is -2.30. The molecule has 1 aromatic heterocycles. The van der Waals surface area contributed by atoms with E-state index in [1.54, 1.807) is 36.4 Å². The third-order valence-electron chi connectivity index (χ3n) is 5.46. The number of nitrogens with one attached hydrogen (secondary N) is 2. The van der Waals surface area contributed by atoms with Crippen LogP contribution in [0.25, 0.3) is 10.9 Å². The number of carbonyl (C=O) groups excluding carboxylic acids is 1. The molecule has 0 atom stereocenters. The van der Waals surface area contributed by atoms with Gasteiger partial charge in [0.15, 0.2) is 0 Å². The van der Waals surface area contributed by atoms with Crippen LogP contribution in [0.3, 0.4) is 0 Å². The maximum atomic E-state index is 13.3. The van der Waals surface area contributed by atoms with Crippen molar-refractivity contribution in [2.45, 2.75) is 43.9 Å². The molecule has 0 unspecified atom stereocenters. The highest BCUT2D eigenvalue weighted by molar-refractivity contribution is 5.94. The van der Waals surface area contributed by atoms with Gasteiger partial charge in [-0.3, -0.25) is 4.79 Å². The molecule has 0 saturated heterocycles. The molecule has 1 aliphatic carbocycles. The second kappa shape index (κ2) is 8.34. The lowest BCUT2D eigenvalue weighted by atomic mass is 9.90. The average Bonchev–Trinajstić information content (AvgIpc) is 2.75. The van der Waals surface area contributed by atoms with Gasteiger partial charge in [0.1, 0.15) is 5.69 Å². The number of para-hydroxylation sites is 1. The minimum atomic E-state index is -4.50. The van der Waals surface area contributed by atoms with Gasteiger partial charge in [0.2, 0.25) is 0 Å². The third-order valence-corrected chi connectivity index (χ3v) is 5.46. The molecular weight excluding hydrogens is 391 g/mol.